The largest absolute Gasteiger partial charge is 0.389 e. The van der Waals surface area contributed by atoms with Gasteiger partial charge in [0.25, 0.3) is 0 Å². The van der Waals surface area contributed by atoms with Gasteiger partial charge in [-0.25, -0.2) is 4.79 Å². The van der Waals surface area contributed by atoms with E-state index in [4.69, 9.17) is 20.7 Å². The van der Waals surface area contributed by atoms with Crippen LogP contribution in [0.2, 0.25) is 0 Å². The summed E-state index contributed by atoms with van der Waals surface area (Å²) in [4.78, 5) is 18.4. The highest BCUT2D eigenvalue weighted by atomic mass is 16.6. The van der Waals surface area contributed by atoms with E-state index in [-0.39, 0.29) is 18.3 Å². The van der Waals surface area contributed by atoms with E-state index in [9.17, 15) is 9.90 Å². The zero-order valence-electron chi connectivity index (χ0n) is 13.9. The topological polar surface area (TPSA) is 148 Å². The third kappa shape index (κ3) is 3.51. The van der Waals surface area contributed by atoms with E-state index in [1.165, 1.54) is 16.8 Å². The van der Waals surface area contributed by atoms with Gasteiger partial charge in [0, 0.05) is 23.6 Å². The van der Waals surface area contributed by atoms with E-state index in [0.29, 0.717) is 6.61 Å². The number of nitrogens with two attached hydrogens (primary N) is 1. The van der Waals surface area contributed by atoms with Gasteiger partial charge in [-0.15, -0.1) is 0 Å². The van der Waals surface area contributed by atoms with Gasteiger partial charge in [-0.3, -0.25) is 4.57 Å². The number of nitrogens with zero attached hydrogens (tertiary/aromatic N) is 5. The van der Waals surface area contributed by atoms with E-state index < -0.39 is 29.7 Å². The third-order valence-electron chi connectivity index (χ3n) is 3.83. The van der Waals surface area contributed by atoms with Crippen LogP contribution in [0.1, 0.15) is 27.0 Å². The van der Waals surface area contributed by atoms with Crippen LogP contribution in [0.3, 0.4) is 0 Å². The maximum Gasteiger partial charge on any atom is 0.351 e. The molecule has 1 aliphatic heterocycles. The summed E-state index contributed by atoms with van der Waals surface area (Å²) in [5.74, 6) is -0.172. The van der Waals surface area contributed by atoms with Crippen molar-refractivity contribution in [3.8, 4) is 0 Å². The number of anilines is 1. The van der Waals surface area contributed by atoms with Crippen LogP contribution in [0.25, 0.3) is 10.4 Å². The fourth-order valence-electron chi connectivity index (χ4n) is 2.63. The number of aromatic nitrogens is 2. The molecule has 0 unspecified atom stereocenters. The minimum absolute atomic E-state index is 0.0871. The molecule has 3 N–H and O–H groups in total. The zero-order chi connectivity index (χ0) is 17.9. The number of nitrogen functional groups attached to an aromatic ring is 1. The van der Waals surface area contributed by atoms with Gasteiger partial charge >= 0.3 is 5.69 Å². The predicted octanol–water partition coefficient (Wildman–Crippen LogP) is 1.03. The summed E-state index contributed by atoms with van der Waals surface area (Å²) in [5, 5.41) is 14.2. The Bertz CT molecular complexity index is 686. The SMILES string of the molecule is CC(C)COC[C@@]1(N=[N+]=[N-])O[C@@H](n2ccc(N)nc2=O)[C@H](C)[C@@H]1O. The Balaban J connectivity index is 2.31. The van der Waals surface area contributed by atoms with Crippen LogP contribution in [0.4, 0.5) is 5.82 Å². The van der Waals surface area contributed by atoms with Crippen LogP contribution >= 0.6 is 0 Å². The fraction of sp³-hybridized carbons (Fsp3) is 0.714. The summed E-state index contributed by atoms with van der Waals surface area (Å²) in [5.41, 5.74) is 12.1. The van der Waals surface area contributed by atoms with Crippen molar-refractivity contribution >= 4 is 5.82 Å². The molecule has 2 heterocycles. The van der Waals surface area contributed by atoms with Crippen molar-refractivity contribution in [2.45, 2.75) is 38.8 Å². The standard InChI is InChI=1S/C14H22N6O4/c1-8(2)6-23-7-14(18-19-16)11(21)9(3)12(24-14)20-5-4-10(15)17-13(20)22/h4-5,8-9,11-12,21H,6-7H2,1-3H3,(H2,15,17,22)/t9-,11+,12-,14-/m1/s1. The van der Waals surface area contributed by atoms with Gasteiger partial charge < -0.3 is 20.3 Å². The molecule has 1 aromatic heterocycles. The summed E-state index contributed by atoms with van der Waals surface area (Å²) < 4.78 is 12.5. The first-order chi connectivity index (χ1) is 11.3. The molecule has 132 valence electrons. The summed E-state index contributed by atoms with van der Waals surface area (Å²) in [6.45, 7) is 5.93. The Hall–Kier alpha value is -2.13. The molecule has 1 saturated heterocycles. The van der Waals surface area contributed by atoms with Crippen molar-refractivity contribution in [2.24, 2.45) is 17.0 Å². The molecule has 1 aliphatic rings. The first-order valence-electron chi connectivity index (χ1n) is 7.65. The Morgan fingerprint density at radius 3 is 2.96 bits per heavy atom. The molecule has 10 nitrogen and oxygen atoms in total. The quantitative estimate of drug-likeness (QED) is 0.449. The van der Waals surface area contributed by atoms with Gasteiger partial charge in [-0.1, -0.05) is 25.9 Å². The molecule has 0 radical (unpaired) electrons. The molecule has 0 saturated carbocycles. The number of hydrogen-bond acceptors (Lipinski definition) is 7. The monoisotopic (exact) mass is 338 g/mol. The lowest BCUT2D eigenvalue weighted by Gasteiger charge is -2.27. The van der Waals surface area contributed by atoms with E-state index in [2.05, 4.69) is 15.0 Å². The van der Waals surface area contributed by atoms with Crippen LogP contribution in [0.15, 0.2) is 22.2 Å². The highest BCUT2D eigenvalue weighted by Crippen LogP contribution is 2.42. The average molecular weight is 338 g/mol. The van der Waals surface area contributed by atoms with Crippen LogP contribution < -0.4 is 11.4 Å². The molecule has 1 aromatic rings. The first-order valence-corrected chi connectivity index (χ1v) is 7.65. The highest BCUT2D eigenvalue weighted by Gasteiger charge is 2.53. The number of ether oxygens (including phenoxy) is 2. The van der Waals surface area contributed by atoms with Crippen molar-refractivity contribution in [1.29, 1.82) is 0 Å². The van der Waals surface area contributed by atoms with E-state index in [1.807, 2.05) is 13.8 Å². The number of hydrogen-bond donors (Lipinski definition) is 2. The molecule has 0 spiro atoms. The molecular weight excluding hydrogens is 316 g/mol. The summed E-state index contributed by atoms with van der Waals surface area (Å²) in [6, 6.07) is 1.45. The van der Waals surface area contributed by atoms with Crippen LogP contribution in [-0.2, 0) is 9.47 Å². The molecule has 10 heteroatoms. The van der Waals surface area contributed by atoms with Crippen LogP contribution in [0, 0.1) is 11.8 Å². The van der Waals surface area contributed by atoms with Gasteiger partial charge in [0.05, 0.1) is 12.7 Å². The molecule has 0 bridgehead atoms. The molecule has 1 fully saturated rings. The summed E-state index contributed by atoms with van der Waals surface area (Å²) in [6.07, 6.45) is -0.566. The lowest BCUT2D eigenvalue weighted by atomic mass is 9.98. The Morgan fingerprint density at radius 2 is 2.38 bits per heavy atom. The summed E-state index contributed by atoms with van der Waals surface area (Å²) in [7, 11) is 0. The average Bonchev–Trinajstić information content (AvgIpc) is 2.73. The zero-order valence-corrected chi connectivity index (χ0v) is 13.9. The molecule has 0 aliphatic carbocycles. The van der Waals surface area contributed by atoms with E-state index >= 15 is 0 Å². The molecular formula is C14H22N6O4. The maximum atomic E-state index is 12.0. The van der Waals surface area contributed by atoms with Crippen molar-refractivity contribution in [3.63, 3.8) is 0 Å². The third-order valence-corrected chi connectivity index (χ3v) is 3.83. The van der Waals surface area contributed by atoms with Crippen LogP contribution in [0.5, 0.6) is 0 Å². The number of aliphatic hydroxyl groups is 1. The molecule has 2 rings (SSSR count). The van der Waals surface area contributed by atoms with Gasteiger partial charge in [0.1, 0.15) is 12.0 Å². The van der Waals surface area contributed by atoms with Gasteiger partial charge in [-0.2, -0.15) is 4.98 Å². The summed E-state index contributed by atoms with van der Waals surface area (Å²) >= 11 is 0. The highest BCUT2D eigenvalue weighted by molar-refractivity contribution is 5.23. The molecule has 0 aromatic carbocycles. The fourth-order valence-corrected chi connectivity index (χ4v) is 2.63. The second-order valence-corrected chi connectivity index (χ2v) is 6.30. The number of azide groups is 1. The Kier molecular flexibility index (Phi) is 5.45. The lowest BCUT2D eigenvalue weighted by molar-refractivity contribution is -0.139. The van der Waals surface area contributed by atoms with Crippen molar-refractivity contribution in [1.82, 2.24) is 9.55 Å². The molecule has 4 atom stereocenters. The van der Waals surface area contributed by atoms with Crippen molar-refractivity contribution in [3.05, 3.63) is 33.2 Å². The Labute approximate surface area is 138 Å². The van der Waals surface area contributed by atoms with Gasteiger partial charge in [0.2, 0.25) is 0 Å². The minimum atomic E-state index is -1.60. The number of aliphatic hydroxyl groups excluding tert-OH is 1. The smallest absolute Gasteiger partial charge is 0.351 e. The predicted molar refractivity (Wildman–Crippen MR) is 85.7 cm³/mol. The lowest BCUT2D eigenvalue weighted by Crippen LogP contribution is -2.43. The Morgan fingerprint density at radius 1 is 1.67 bits per heavy atom. The first kappa shape index (κ1) is 18.2. The normalized spacial score (nSPS) is 29.6. The van der Waals surface area contributed by atoms with Gasteiger partial charge in [0.15, 0.2) is 5.72 Å². The minimum Gasteiger partial charge on any atom is -0.389 e. The van der Waals surface area contributed by atoms with Gasteiger partial charge in [-0.05, 0) is 17.5 Å². The van der Waals surface area contributed by atoms with E-state index in [0.717, 1.165) is 0 Å². The van der Waals surface area contributed by atoms with E-state index in [1.54, 1.807) is 6.92 Å². The maximum absolute atomic E-state index is 12.0. The second kappa shape index (κ2) is 7.18. The van der Waals surface area contributed by atoms with Crippen LogP contribution in [-0.4, -0.2) is 39.7 Å². The van der Waals surface area contributed by atoms with Crippen molar-refractivity contribution < 1.29 is 14.6 Å². The second-order valence-electron chi connectivity index (χ2n) is 6.30. The molecule has 0 amide bonds. The molecule has 24 heavy (non-hydrogen) atoms. The number of rotatable bonds is 6. The van der Waals surface area contributed by atoms with Crippen molar-refractivity contribution in [2.75, 3.05) is 18.9 Å².